The molecule has 0 radical (unpaired) electrons. The topological polar surface area (TPSA) is 83.1 Å². The van der Waals surface area contributed by atoms with Crippen molar-refractivity contribution in [3.8, 4) is 11.5 Å². The summed E-state index contributed by atoms with van der Waals surface area (Å²) in [7, 11) is 0. The fourth-order valence-electron chi connectivity index (χ4n) is 6.19. The molecule has 1 aromatic carbocycles. The Bertz CT molecular complexity index is 1050. The van der Waals surface area contributed by atoms with Crippen LogP contribution in [0.25, 0.3) is 0 Å². The molecule has 5 rings (SSSR count). The van der Waals surface area contributed by atoms with E-state index in [2.05, 4.69) is 43.2 Å². The number of allylic oxidation sites excluding steroid dienone is 1. The zero-order valence-electron chi connectivity index (χ0n) is 22.3. The maximum absolute atomic E-state index is 13.6. The van der Waals surface area contributed by atoms with Crippen LogP contribution in [0.1, 0.15) is 40.0 Å². The van der Waals surface area contributed by atoms with E-state index in [1.807, 2.05) is 42.2 Å². The molecular formula is C29H40N4O4. The molecule has 37 heavy (non-hydrogen) atoms. The first-order valence-electron chi connectivity index (χ1n) is 13.3. The van der Waals surface area contributed by atoms with Gasteiger partial charge < -0.3 is 29.9 Å². The molecule has 8 nitrogen and oxygen atoms in total. The van der Waals surface area contributed by atoms with Gasteiger partial charge in [0.1, 0.15) is 5.54 Å². The number of hydrogen-bond donors (Lipinski definition) is 2. The van der Waals surface area contributed by atoms with Crippen molar-refractivity contribution >= 4 is 12.3 Å². The predicted molar refractivity (Wildman–Crippen MR) is 144 cm³/mol. The van der Waals surface area contributed by atoms with Crippen LogP contribution in [0.4, 0.5) is 0 Å². The number of piperazine rings is 1. The largest absolute Gasteiger partial charge is 0.454 e. The van der Waals surface area contributed by atoms with E-state index in [1.54, 1.807) is 4.90 Å². The average molecular weight is 509 g/mol. The standard InChI is InChI=1S/C22H34N4O2.C7H6O2/c1-5-10-21(7-3)17-9-12-25(14-18(17)24-19(21)6-2)20(28)22(8-4)15-23-11-13-26(22)16-27;1-2-4-7-6(3-1)8-5-9-7/h5-6,10,16,19,23-24H,2,7-9,11-15H2,1,3-4H3;1-4H,5H2/b10-5-;. The van der Waals surface area contributed by atoms with Crippen molar-refractivity contribution in [2.24, 2.45) is 5.41 Å². The number of carbonyl (C=O) groups excluding carboxylic acids is 2. The highest BCUT2D eigenvalue weighted by atomic mass is 16.7. The highest BCUT2D eigenvalue weighted by Gasteiger charge is 2.50. The van der Waals surface area contributed by atoms with Gasteiger partial charge in [0.25, 0.3) is 0 Å². The molecule has 1 saturated heterocycles. The van der Waals surface area contributed by atoms with Gasteiger partial charge in [-0.05, 0) is 43.9 Å². The first-order chi connectivity index (χ1) is 18.0. The smallest absolute Gasteiger partial charge is 0.250 e. The minimum Gasteiger partial charge on any atom is -0.454 e. The summed E-state index contributed by atoms with van der Waals surface area (Å²) < 4.78 is 10.2. The van der Waals surface area contributed by atoms with Gasteiger partial charge in [-0.15, -0.1) is 6.58 Å². The lowest BCUT2D eigenvalue weighted by Gasteiger charge is -2.47. The summed E-state index contributed by atoms with van der Waals surface area (Å²) >= 11 is 0. The normalized spacial score (nSPS) is 28.4. The number of hydrogen-bond acceptors (Lipinski definition) is 6. The summed E-state index contributed by atoms with van der Waals surface area (Å²) in [6, 6.07) is 7.78. The second-order valence-corrected chi connectivity index (χ2v) is 9.90. The van der Waals surface area contributed by atoms with E-state index in [9.17, 15) is 9.59 Å². The van der Waals surface area contributed by atoms with E-state index in [0.29, 0.717) is 39.4 Å². The summed E-state index contributed by atoms with van der Waals surface area (Å²) in [5.41, 5.74) is 1.73. The lowest BCUT2D eigenvalue weighted by Crippen LogP contribution is -2.68. The molecular weight excluding hydrogens is 468 g/mol. The van der Waals surface area contributed by atoms with E-state index < -0.39 is 5.54 Å². The third kappa shape index (κ3) is 4.75. The highest BCUT2D eigenvalue weighted by molar-refractivity contribution is 5.89. The van der Waals surface area contributed by atoms with E-state index in [4.69, 9.17) is 9.47 Å². The van der Waals surface area contributed by atoms with Crippen LogP contribution in [0.15, 0.2) is 60.3 Å². The fraction of sp³-hybridized carbons (Fsp3) is 0.517. The number of carbonyl (C=O) groups is 2. The van der Waals surface area contributed by atoms with Crippen molar-refractivity contribution < 1.29 is 19.1 Å². The molecule has 1 aromatic rings. The van der Waals surface area contributed by atoms with E-state index in [0.717, 1.165) is 43.0 Å². The van der Waals surface area contributed by atoms with Crippen molar-refractivity contribution in [1.29, 1.82) is 0 Å². The van der Waals surface area contributed by atoms with Crippen LogP contribution in [0, 0.1) is 5.41 Å². The number of benzene rings is 1. The maximum atomic E-state index is 13.6. The van der Waals surface area contributed by atoms with Crippen LogP contribution in [-0.2, 0) is 9.59 Å². The van der Waals surface area contributed by atoms with Crippen LogP contribution in [0.3, 0.4) is 0 Å². The summed E-state index contributed by atoms with van der Waals surface area (Å²) in [4.78, 5) is 28.9. The molecule has 2 N–H and O–H groups in total. The Labute approximate surface area is 220 Å². The van der Waals surface area contributed by atoms with Crippen LogP contribution < -0.4 is 20.1 Å². The molecule has 8 heteroatoms. The molecule has 4 aliphatic rings. The summed E-state index contributed by atoms with van der Waals surface area (Å²) in [5, 5.41) is 6.94. The van der Waals surface area contributed by atoms with Crippen LogP contribution in [0.5, 0.6) is 11.5 Å². The predicted octanol–water partition coefficient (Wildman–Crippen LogP) is 3.23. The van der Waals surface area contributed by atoms with Gasteiger partial charge in [0.2, 0.25) is 19.1 Å². The molecule has 0 saturated carbocycles. The first kappa shape index (κ1) is 26.8. The van der Waals surface area contributed by atoms with Crippen LogP contribution in [0.2, 0.25) is 0 Å². The third-order valence-electron chi connectivity index (χ3n) is 8.25. The fourth-order valence-corrected chi connectivity index (χ4v) is 6.19. The van der Waals surface area contributed by atoms with Crippen molar-refractivity contribution in [1.82, 2.24) is 20.4 Å². The van der Waals surface area contributed by atoms with Crippen LogP contribution >= 0.6 is 0 Å². The van der Waals surface area contributed by atoms with Gasteiger partial charge in [0.05, 0.1) is 12.6 Å². The quantitative estimate of drug-likeness (QED) is 0.454. The van der Waals surface area contributed by atoms with Crippen molar-refractivity contribution in [2.45, 2.75) is 51.6 Å². The molecule has 4 aliphatic heterocycles. The molecule has 0 spiro atoms. The van der Waals surface area contributed by atoms with Crippen molar-refractivity contribution in [3.63, 3.8) is 0 Å². The SMILES string of the molecule is C=CC1NC2=C(CCN(C(=O)C3(CC)CNCCN3C=O)C2)C1(/C=C\C)CC.c1ccc2c(c1)OCO2. The maximum Gasteiger partial charge on any atom is 0.250 e. The third-order valence-corrected chi connectivity index (χ3v) is 8.25. The summed E-state index contributed by atoms with van der Waals surface area (Å²) in [6.07, 6.45) is 9.70. The van der Waals surface area contributed by atoms with Gasteiger partial charge in [0, 0.05) is 37.3 Å². The molecule has 3 atom stereocenters. The number of amides is 2. The molecule has 0 aromatic heterocycles. The van der Waals surface area contributed by atoms with E-state index >= 15 is 0 Å². The van der Waals surface area contributed by atoms with Gasteiger partial charge in [-0.2, -0.15) is 0 Å². The second kappa shape index (κ2) is 11.4. The first-order valence-corrected chi connectivity index (χ1v) is 13.3. The Kier molecular flexibility index (Phi) is 8.27. The molecule has 1 fully saturated rings. The Morgan fingerprint density at radius 1 is 1.19 bits per heavy atom. The number of nitrogens with zero attached hydrogens (tertiary/aromatic N) is 2. The molecule has 2 amide bonds. The summed E-state index contributed by atoms with van der Waals surface area (Å²) in [6.45, 7) is 13.8. The second-order valence-electron chi connectivity index (χ2n) is 9.90. The van der Waals surface area contributed by atoms with Gasteiger partial charge in [-0.1, -0.05) is 44.2 Å². The Balaban J connectivity index is 0.000000295. The van der Waals surface area contributed by atoms with Crippen LogP contribution in [-0.4, -0.2) is 73.2 Å². The van der Waals surface area contributed by atoms with Gasteiger partial charge in [0.15, 0.2) is 11.5 Å². The molecule has 200 valence electrons. The number of rotatable bonds is 6. The summed E-state index contributed by atoms with van der Waals surface area (Å²) in [5.74, 6) is 1.74. The minimum atomic E-state index is -0.778. The zero-order valence-corrected chi connectivity index (χ0v) is 22.3. The lowest BCUT2D eigenvalue weighted by molar-refractivity contribution is -0.151. The minimum absolute atomic E-state index is 0.0510. The number of fused-ring (bicyclic) bond motifs is 1. The lowest BCUT2D eigenvalue weighted by atomic mass is 9.71. The van der Waals surface area contributed by atoms with E-state index in [1.165, 1.54) is 5.57 Å². The highest BCUT2D eigenvalue weighted by Crippen LogP contribution is 2.47. The molecule has 0 aliphatic carbocycles. The average Bonchev–Trinajstić information content (AvgIpc) is 3.55. The number of para-hydroxylation sites is 2. The molecule has 0 bridgehead atoms. The van der Waals surface area contributed by atoms with Crippen molar-refractivity contribution in [3.05, 3.63) is 60.3 Å². The van der Waals surface area contributed by atoms with Gasteiger partial charge >= 0.3 is 0 Å². The monoisotopic (exact) mass is 508 g/mol. The Morgan fingerprint density at radius 3 is 2.51 bits per heavy atom. The van der Waals surface area contributed by atoms with Gasteiger partial charge in [-0.25, -0.2) is 0 Å². The molecule has 4 heterocycles. The van der Waals surface area contributed by atoms with Crippen molar-refractivity contribution in [2.75, 3.05) is 39.5 Å². The van der Waals surface area contributed by atoms with E-state index in [-0.39, 0.29) is 17.4 Å². The van der Waals surface area contributed by atoms with Gasteiger partial charge in [-0.3, -0.25) is 9.59 Å². The number of nitrogens with one attached hydrogen (secondary N) is 2. The number of ether oxygens (including phenoxy) is 2. The molecule has 3 unspecified atom stereocenters. The Hall–Kier alpha value is -3.26. The Morgan fingerprint density at radius 2 is 1.92 bits per heavy atom. The zero-order chi connectivity index (χ0) is 26.5.